The van der Waals surface area contributed by atoms with Gasteiger partial charge in [-0.25, -0.2) is 9.18 Å². The summed E-state index contributed by atoms with van der Waals surface area (Å²) in [5, 5.41) is 5.05. The fourth-order valence-electron chi connectivity index (χ4n) is 3.24. The van der Waals surface area contributed by atoms with E-state index in [2.05, 4.69) is 10.6 Å². The number of benzene rings is 1. The molecule has 2 N–H and O–H groups in total. The van der Waals surface area contributed by atoms with Gasteiger partial charge in [-0.1, -0.05) is 24.4 Å². The Morgan fingerprint density at radius 2 is 2.00 bits per heavy atom. The van der Waals surface area contributed by atoms with Gasteiger partial charge in [-0.3, -0.25) is 19.3 Å². The Morgan fingerprint density at radius 1 is 1.30 bits per heavy atom. The lowest BCUT2D eigenvalue weighted by molar-refractivity contribution is -0.150. The highest BCUT2D eigenvalue weighted by Gasteiger charge is 2.52. The minimum absolute atomic E-state index is 0.113. The molecule has 0 unspecified atom stereocenters. The fourth-order valence-corrected chi connectivity index (χ4v) is 3.39. The number of imide groups is 1. The smallest absolute Gasteiger partial charge is 0.326 e. The summed E-state index contributed by atoms with van der Waals surface area (Å²) in [6.45, 7) is -1.27. The highest BCUT2D eigenvalue weighted by atomic mass is 35.5. The summed E-state index contributed by atoms with van der Waals surface area (Å²) in [4.78, 5) is 48.9. The second kappa shape index (κ2) is 7.51. The quantitative estimate of drug-likeness (QED) is 0.582. The number of carbonyl (C=O) groups excluding carboxylic acids is 4. The van der Waals surface area contributed by atoms with Gasteiger partial charge in [0.15, 0.2) is 6.61 Å². The molecular formula is C17H17ClFN3O5. The minimum Gasteiger partial charge on any atom is -0.454 e. The first kappa shape index (κ1) is 19.1. The SMILES string of the molecule is O=C(COC(=O)CN1C(=O)NC2(CCCC2)C1=O)Nc1ccc(Cl)cc1F. The average Bonchev–Trinajstić information content (AvgIpc) is 3.17. The third kappa shape index (κ3) is 4.02. The van der Waals surface area contributed by atoms with E-state index in [0.29, 0.717) is 12.8 Å². The molecule has 4 amide bonds. The predicted octanol–water partition coefficient (Wildman–Crippen LogP) is 1.83. The van der Waals surface area contributed by atoms with Crippen molar-refractivity contribution < 1.29 is 28.3 Å². The maximum atomic E-state index is 13.6. The number of urea groups is 1. The molecule has 1 saturated heterocycles. The molecule has 8 nitrogen and oxygen atoms in total. The first-order chi connectivity index (χ1) is 12.8. The first-order valence-electron chi connectivity index (χ1n) is 8.35. The molecule has 0 atom stereocenters. The molecular weight excluding hydrogens is 381 g/mol. The zero-order valence-corrected chi connectivity index (χ0v) is 15.0. The molecule has 1 heterocycles. The number of amides is 4. The van der Waals surface area contributed by atoms with Crippen molar-refractivity contribution in [2.24, 2.45) is 0 Å². The number of anilines is 1. The number of hydrogen-bond acceptors (Lipinski definition) is 5. The monoisotopic (exact) mass is 397 g/mol. The van der Waals surface area contributed by atoms with Crippen molar-refractivity contribution in [1.82, 2.24) is 10.2 Å². The van der Waals surface area contributed by atoms with Gasteiger partial charge in [0, 0.05) is 5.02 Å². The summed E-state index contributed by atoms with van der Waals surface area (Å²) in [7, 11) is 0. The highest BCUT2D eigenvalue weighted by Crippen LogP contribution is 2.34. The van der Waals surface area contributed by atoms with Crippen molar-refractivity contribution in [3.05, 3.63) is 29.0 Å². The van der Waals surface area contributed by atoms with Gasteiger partial charge in [0.25, 0.3) is 11.8 Å². The Labute approximate surface area is 159 Å². The molecule has 3 rings (SSSR count). The Balaban J connectivity index is 1.50. The van der Waals surface area contributed by atoms with Crippen molar-refractivity contribution in [2.45, 2.75) is 31.2 Å². The van der Waals surface area contributed by atoms with Gasteiger partial charge >= 0.3 is 12.0 Å². The number of carbonyl (C=O) groups is 4. The van der Waals surface area contributed by atoms with Crippen molar-refractivity contribution in [3.63, 3.8) is 0 Å². The van der Waals surface area contributed by atoms with Crippen LogP contribution in [0.4, 0.5) is 14.9 Å². The van der Waals surface area contributed by atoms with Crippen LogP contribution >= 0.6 is 11.6 Å². The molecule has 2 aliphatic rings. The third-order valence-electron chi connectivity index (χ3n) is 4.56. The third-order valence-corrected chi connectivity index (χ3v) is 4.79. The van der Waals surface area contributed by atoms with Crippen LogP contribution in [0.5, 0.6) is 0 Å². The molecule has 144 valence electrons. The summed E-state index contributed by atoms with van der Waals surface area (Å²) in [5.41, 5.74) is -1.03. The van der Waals surface area contributed by atoms with Crippen LogP contribution in [0.3, 0.4) is 0 Å². The van der Waals surface area contributed by atoms with E-state index in [-0.39, 0.29) is 10.7 Å². The van der Waals surface area contributed by atoms with Gasteiger partial charge in [-0.15, -0.1) is 0 Å². The molecule has 1 aliphatic carbocycles. The number of esters is 1. The first-order valence-corrected chi connectivity index (χ1v) is 8.73. The molecule has 10 heteroatoms. The van der Waals surface area contributed by atoms with Gasteiger partial charge in [0.05, 0.1) is 5.69 Å². The normalized spacial score (nSPS) is 17.9. The van der Waals surface area contributed by atoms with E-state index < -0.39 is 48.3 Å². The Hall–Kier alpha value is -2.68. The number of hydrogen-bond donors (Lipinski definition) is 2. The Bertz CT molecular complexity index is 810. The van der Waals surface area contributed by atoms with Gasteiger partial charge < -0.3 is 15.4 Å². The van der Waals surface area contributed by atoms with Gasteiger partial charge in [-0.05, 0) is 31.0 Å². The van der Waals surface area contributed by atoms with Crippen LogP contribution in [0.1, 0.15) is 25.7 Å². The van der Waals surface area contributed by atoms with E-state index in [1.807, 2.05) is 0 Å². The summed E-state index contributed by atoms with van der Waals surface area (Å²) in [6, 6.07) is 3.04. The molecule has 0 aromatic heterocycles. The molecule has 27 heavy (non-hydrogen) atoms. The van der Waals surface area contributed by atoms with Crippen LogP contribution in [0, 0.1) is 5.82 Å². The molecule has 1 aliphatic heterocycles. The lowest BCUT2D eigenvalue weighted by Crippen LogP contribution is -2.44. The predicted molar refractivity (Wildman–Crippen MR) is 92.4 cm³/mol. The molecule has 0 bridgehead atoms. The summed E-state index contributed by atoms with van der Waals surface area (Å²) < 4.78 is 18.4. The Morgan fingerprint density at radius 3 is 2.67 bits per heavy atom. The van der Waals surface area contributed by atoms with Crippen LogP contribution < -0.4 is 10.6 Å². The van der Waals surface area contributed by atoms with Crippen molar-refractivity contribution in [3.8, 4) is 0 Å². The minimum atomic E-state index is -0.916. The van der Waals surface area contributed by atoms with Crippen LogP contribution in [0.15, 0.2) is 18.2 Å². The van der Waals surface area contributed by atoms with E-state index in [4.69, 9.17) is 16.3 Å². The van der Waals surface area contributed by atoms with Crippen LogP contribution in [-0.2, 0) is 19.1 Å². The van der Waals surface area contributed by atoms with E-state index >= 15 is 0 Å². The van der Waals surface area contributed by atoms with Crippen molar-refractivity contribution in [2.75, 3.05) is 18.5 Å². The lowest BCUT2D eigenvalue weighted by Gasteiger charge is -2.19. The molecule has 1 spiro atoms. The molecule has 1 aromatic rings. The fraction of sp³-hybridized carbons (Fsp3) is 0.412. The number of rotatable bonds is 5. The van der Waals surface area contributed by atoms with E-state index in [9.17, 15) is 23.6 Å². The standard InChI is InChI=1S/C17H17ClFN3O5/c18-10-3-4-12(11(19)7-10)20-13(23)9-27-14(24)8-22-15(25)17(21-16(22)26)5-1-2-6-17/h3-4,7H,1-2,5-6,8-9H2,(H,20,23)(H,21,26). The largest absolute Gasteiger partial charge is 0.454 e. The topological polar surface area (TPSA) is 105 Å². The van der Waals surface area contributed by atoms with Crippen LogP contribution in [0.25, 0.3) is 0 Å². The Kier molecular flexibility index (Phi) is 5.31. The second-order valence-corrected chi connectivity index (χ2v) is 6.88. The number of ether oxygens (including phenoxy) is 1. The van der Waals surface area contributed by atoms with Crippen LogP contribution in [0.2, 0.25) is 5.02 Å². The van der Waals surface area contributed by atoms with E-state index in [1.165, 1.54) is 12.1 Å². The number of nitrogens with one attached hydrogen (secondary N) is 2. The van der Waals surface area contributed by atoms with E-state index in [0.717, 1.165) is 23.8 Å². The summed E-state index contributed by atoms with van der Waals surface area (Å²) in [6.07, 6.45) is 2.73. The van der Waals surface area contributed by atoms with Gasteiger partial charge in [0.1, 0.15) is 17.9 Å². The lowest BCUT2D eigenvalue weighted by atomic mass is 9.98. The van der Waals surface area contributed by atoms with Gasteiger partial charge in [-0.2, -0.15) is 0 Å². The molecule has 0 radical (unpaired) electrons. The maximum absolute atomic E-state index is 13.6. The summed E-state index contributed by atoms with van der Waals surface area (Å²) in [5.74, 6) is -2.87. The molecule has 2 fully saturated rings. The number of nitrogens with zero attached hydrogens (tertiary/aromatic N) is 1. The number of halogens is 2. The zero-order chi connectivity index (χ0) is 19.6. The zero-order valence-electron chi connectivity index (χ0n) is 14.2. The van der Waals surface area contributed by atoms with E-state index in [1.54, 1.807) is 0 Å². The average molecular weight is 398 g/mol. The highest BCUT2D eigenvalue weighted by molar-refractivity contribution is 6.30. The van der Waals surface area contributed by atoms with Gasteiger partial charge in [0.2, 0.25) is 0 Å². The van der Waals surface area contributed by atoms with Crippen LogP contribution in [-0.4, -0.2) is 47.4 Å². The van der Waals surface area contributed by atoms with Crippen molar-refractivity contribution >= 4 is 41.1 Å². The maximum Gasteiger partial charge on any atom is 0.326 e. The van der Waals surface area contributed by atoms with Crippen molar-refractivity contribution in [1.29, 1.82) is 0 Å². The molecule has 1 aromatic carbocycles. The molecule has 1 saturated carbocycles. The second-order valence-electron chi connectivity index (χ2n) is 6.44. The summed E-state index contributed by atoms with van der Waals surface area (Å²) >= 11 is 5.62.